The van der Waals surface area contributed by atoms with Crippen LogP contribution >= 0.6 is 11.3 Å². The Balaban J connectivity index is 1.08. The number of hydrogen-bond acceptors (Lipinski definition) is 5. The fraction of sp³-hybridized carbons (Fsp3) is 0. The summed E-state index contributed by atoms with van der Waals surface area (Å²) < 4.78 is 11.4. The Morgan fingerprint density at radius 2 is 1.02 bits per heavy atom. The van der Waals surface area contributed by atoms with Gasteiger partial charge in [-0.3, -0.25) is 0 Å². The quantitative estimate of drug-likeness (QED) is 0.176. The van der Waals surface area contributed by atoms with Crippen molar-refractivity contribution >= 4 is 75.3 Å². The van der Waals surface area contributed by atoms with Crippen molar-refractivity contribution in [2.45, 2.75) is 0 Å². The fourth-order valence-corrected chi connectivity index (χ4v) is 9.75. The number of fused-ring (bicyclic) bond motifs is 9. The molecule has 0 bridgehead atoms. The van der Waals surface area contributed by atoms with Crippen molar-refractivity contribution in [2.75, 3.05) is 0 Å². The lowest BCUT2D eigenvalue weighted by Gasteiger charge is -2.15. The number of thiophene rings is 1. The van der Waals surface area contributed by atoms with E-state index >= 15 is 0 Å². The lowest BCUT2D eigenvalue weighted by Crippen LogP contribution is -2.00. The fourth-order valence-electron chi connectivity index (χ4n) is 8.53. The summed E-state index contributed by atoms with van der Waals surface area (Å²) in [6.07, 6.45) is 0. The summed E-state index contributed by atoms with van der Waals surface area (Å²) in [6, 6.07) is 63.7. The average molecular weight is 747 g/mol. The van der Waals surface area contributed by atoms with Gasteiger partial charge in [-0.25, -0.2) is 15.0 Å². The number of rotatable bonds is 5. The van der Waals surface area contributed by atoms with Gasteiger partial charge in [0.2, 0.25) is 0 Å². The van der Waals surface area contributed by atoms with Gasteiger partial charge in [-0.15, -0.1) is 11.3 Å². The van der Waals surface area contributed by atoms with E-state index < -0.39 is 0 Å². The third-order valence-corrected chi connectivity index (χ3v) is 12.3. The minimum absolute atomic E-state index is 0.608. The Kier molecular flexibility index (Phi) is 7.03. The first-order chi connectivity index (χ1) is 28.3. The predicted octanol–water partition coefficient (Wildman–Crippen LogP) is 13.9. The molecule has 6 heteroatoms. The largest absolute Gasteiger partial charge is 0.456 e. The first-order valence-corrected chi connectivity index (χ1v) is 19.8. The second-order valence-corrected chi connectivity index (χ2v) is 15.4. The van der Waals surface area contributed by atoms with E-state index in [1.165, 1.54) is 37.3 Å². The maximum atomic E-state index is 6.58. The van der Waals surface area contributed by atoms with E-state index in [1.54, 1.807) is 11.3 Å². The Morgan fingerprint density at radius 3 is 1.84 bits per heavy atom. The van der Waals surface area contributed by atoms with Crippen LogP contribution in [0.3, 0.4) is 0 Å². The molecule has 0 atom stereocenters. The van der Waals surface area contributed by atoms with Gasteiger partial charge in [0.1, 0.15) is 11.2 Å². The number of hydrogen-bond donors (Lipinski definition) is 0. The van der Waals surface area contributed by atoms with E-state index in [1.807, 2.05) is 24.3 Å². The molecule has 0 unspecified atom stereocenters. The molecule has 0 radical (unpaired) electrons. The Hall–Kier alpha value is -7.41. The zero-order valence-electron chi connectivity index (χ0n) is 30.4. The third-order valence-electron chi connectivity index (χ3n) is 11.1. The minimum atomic E-state index is 0.608. The van der Waals surface area contributed by atoms with E-state index in [0.717, 1.165) is 60.1 Å². The average Bonchev–Trinajstić information content (AvgIpc) is 3.96. The second-order valence-electron chi connectivity index (χ2n) is 14.3. The van der Waals surface area contributed by atoms with Gasteiger partial charge >= 0.3 is 0 Å². The molecule has 57 heavy (non-hydrogen) atoms. The molecule has 4 aromatic heterocycles. The highest BCUT2D eigenvalue weighted by Crippen LogP contribution is 2.43. The van der Waals surface area contributed by atoms with Crippen LogP contribution < -0.4 is 0 Å². The van der Waals surface area contributed by atoms with Gasteiger partial charge in [0, 0.05) is 64.0 Å². The van der Waals surface area contributed by atoms with Crippen molar-refractivity contribution in [1.29, 1.82) is 0 Å². The molecule has 12 rings (SSSR count). The predicted molar refractivity (Wildman–Crippen MR) is 236 cm³/mol. The van der Waals surface area contributed by atoms with Gasteiger partial charge in [-0.1, -0.05) is 127 Å². The highest BCUT2D eigenvalue weighted by atomic mass is 32.1. The van der Waals surface area contributed by atoms with Gasteiger partial charge in [0.05, 0.1) is 16.7 Å². The van der Waals surface area contributed by atoms with Crippen LogP contribution in [-0.4, -0.2) is 19.5 Å². The highest BCUT2D eigenvalue weighted by molar-refractivity contribution is 7.26. The summed E-state index contributed by atoms with van der Waals surface area (Å²) in [7, 11) is 0. The Morgan fingerprint density at radius 1 is 0.404 bits per heavy atom. The van der Waals surface area contributed by atoms with Crippen LogP contribution in [0.4, 0.5) is 0 Å². The Bertz CT molecular complexity index is 3490. The molecule has 4 heterocycles. The van der Waals surface area contributed by atoms with Crippen molar-refractivity contribution in [3.63, 3.8) is 0 Å². The van der Waals surface area contributed by atoms with Crippen molar-refractivity contribution in [3.05, 3.63) is 182 Å². The molecule has 12 aromatic rings. The first-order valence-electron chi connectivity index (χ1n) is 19.0. The molecular formula is C51H30N4OS. The molecular weight excluding hydrogens is 717 g/mol. The van der Waals surface area contributed by atoms with Crippen LogP contribution in [-0.2, 0) is 0 Å². The van der Waals surface area contributed by atoms with E-state index in [2.05, 4.69) is 162 Å². The number of para-hydroxylation sites is 3. The van der Waals surface area contributed by atoms with Crippen molar-refractivity contribution < 1.29 is 4.42 Å². The topological polar surface area (TPSA) is 56.7 Å². The zero-order chi connectivity index (χ0) is 37.5. The lowest BCUT2D eigenvalue weighted by atomic mass is 9.97. The molecule has 0 amide bonds. The normalized spacial score (nSPS) is 11.9. The first kappa shape index (κ1) is 31.9. The van der Waals surface area contributed by atoms with E-state index in [0.29, 0.717) is 17.5 Å². The zero-order valence-corrected chi connectivity index (χ0v) is 31.2. The van der Waals surface area contributed by atoms with E-state index in [-0.39, 0.29) is 0 Å². The number of nitrogens with zero attached hydrogens (tertiary/aromatic N) is 4. The summed E-state index contributed by atoms with van der Waals surface area (Å²) in [5, 5.41) is 6.96. The van der Waals surface area contributed by atoms with Crippen LogP contribution in [0.1, 0.15) is 0 Å². The molecule has 0 fully saturated rings. The summed E-state index contributed by atoms with van der Waals surface area (Å²) in [6.45, 7) is 0. The minimum Gasteiger partial charge on any atom is -0.456 e. The van der Waals surface area contributed by atoms with Gasteiger partial charge < -0.3 is 8.98 Å². The van der Waals surface area contributed by atoms with Gasteiger partial charge in [-0.05, 0) is 60.2 Å². The van der Waals surface area contributed by atoms with E-state index in [9.17, 15) is 0 Å². The molecule has 0 saturated carbocycles. The molecule has 266 valence electrons. The summed E-state index contributed by atoms with van der Waals surface area (Å²) in [4.78, 5) is 15.5. The molecule has 0 aliphatic carbocycles. The maximum absolute atomic E-state index is 6.58. The lowest BCUT2D eigenvalue weighted by molar-refractivity contribution is 0.669. The monoisotopic (exact) mass is 746 g/mol. The van der Waals surface area contributed by atoms with Gasteiger partial charge in [0.15, 0.2) is 17.5 Å². The number of aromatic nitrogens is 4. The van der Waals surface area contributed by atoms with E-state index in [4.69, 9.17) is 19.4 Å². The van der Waals surface area contributed by atoms with Crippen molar-refractivity contribution in [2.24, 2.45) is 0 Å². The maximum Gasteiger partial charge on any atom is 0.165 e. The van der Waals surface area contributed by atoms with Crippen molar-refractivity contribution in [1.82, 2.24) is 19.5 Å². The van der Waals surface area contributed by atoms with Crippen LogP contribution in [0.25, 0.3) is 115 Å². The number of benzene rings is 8. The Labute approximate surface area is 330 Å². The molecule has 0 saturated heterocycles. The SMILES string of the molecule is c1ccc(-c2nc(-c3ccc4oc5cccc(-c6ccccc6-n6c7ccccc7c7ccccc76)c5c4c3)nc(-c3cccc4c3sc3ccccc34)n2)cc1. The van der Waals surface area contributed by atoms with Crippen LogP contribution in [0, 0.1) is 0 Å². The van der Waals surface area contributed by atoms with Crippen LogP contribution in [0.5, 0.6) is 0 Å². The standard InChI is InChI=1S/C51H30N4OS/c1-2-14-31(15-3-1)49-52-50(54-51(53-49)39-22-12-21-38-36-19-7-11-27-46(36)57-48(38)39)32-28-29-44-40(30-32)47-37(20-13-26-45(47)56-44)35-18-6-10-25-43(35)55-41-23-8-4-16-33(41)34-17-5-9-24-42(34)55/h1-30H. The summed E-state index contributed by atoms with van der Waals surface area (Å²) in [5.41, 5.74) is 10.1. The van der Waals surface area contributed by atoms with Gasteiger partial charge in [0.25, 0.3) is 0 Å². The summed E-state index contributed by atoms with van der Waals surface area (Å²) >= 11 is 1.78. The molecule has 0 aliphatic heterocycles. The molecule has 8 aromatic carbocycles. The van der Waals surface area contributed by atoms with Gasteiger partial charge in [-0.2, -0.15) is 0 Å². The number of furan rings is 1. The molecule has 0 aliphatic rings. The van der Waals surface area contributed by atoms with Crippen LogP contribution in [0.2, 0.25) is 0 Å². The third kappa shape index (κ3) is 4.98. The van der Waals surface area contributed by atoms with Crippen LogP contribution in [0.15, 0.2) is 186 Å². The highest BCUT2D eigenvalue weighted by Gasteiger charge is 2.21. The smallest absolute Gasteiger partial charge is 0.165 e. The second kappa shape index (κ2) is 12.6. The van der Waals surface area contributed by atoms with Crippen molar-refractivity contribution in [3.8, 4) is 51.0 Å². The summed E-state index contributed by atoms with van der Waals surface area (Å²) in [5.74, 6) is 1.89. The molecule has 0 N–H and O–H groups in total. The molecule has 5 nitrogen and oxygen atoms in total. The molecule has 0 spiro atoms.